The minimum absolute atomic E-state index is 0.244. The molecular weight excluding hydrogens is 242 g/mol. The Morgan fingerprint density at radius 1 is 1.44 bits per heavy atom. The lowest BCUT2D eigenvalue weighted by atomic mass is 9.83. The molecule has 0 aromatic rings. The number of amides is 1. The Morgan fingerprint density at radius 2 is 2.11 bits per heavy atom. The number of carbonyl (C=O) groups is 1. The lowest BCUT2D eigenvalue weighted by Gasteiger charge is -2.33. The van der Waals surface area contributed by atoms with Crippen LogP contribution in [0.5, 0.6) is 0 Å². The van der Waals surface area contributed by atoms with Crippen LogP contribution in [0.4, 0.5) is 0 Å². The Labute approximate surface area is 116 Å². The molecule has 1 amide bonds. The molecule has 102 valence electrons. The van der Waals surface area contributed by atoms with Crippen LogP contribution >= 0.6 is 12.6 Å². The average molecular weight is 267 g/mol. The summed E-state index contributed by atoms with van der Waals surface area (Å²) in [7, 11) is 0. The van der Waals surface area contributed by atoms with Crippen molar-refractivity contribution >= 4 is 18.5 Å². The maximum absolute atomic E-state index is 12.2. The third-order valence-electron chi connectivity index (χ3n) is 4.34. The Kier molecular flexibility index (Phi) is 3.82. The number of carbonyl (C=O) groups excluding carboxylic acids is 1. The van der Waals surface area contributed by atoms with Gasteiger partial charge >= 0.3 is 0 Å². The highest BCUT2D eigenvalue weighted by Gasteiger charge is 2.43. The van der Waals surface area contributed by atoms with Crippen LogP contribution < -0.4 is 0 Å². The van der Waals surface area contributed by atoms with Crippen LogP contribution in [0.25, 0.3) is 0 Å². The number of rotatable bonds is 3. The van der Waals surface area contributed by atoms with E-state index in [1.165, 1.54) is 18.4 Å². The number of nitrogens with zero attached hydrogens (tertiary/aromatic N) is 1. The Bertz CT molecular complexity index is 363. The minimum Gasteiger partial charge on any atom is -0.339 e. The van der Waals surface area contributed by atoms with E-state index in [2.05, 4.69) is 39.5 Å². The summed E-state index contributed by atoms with van der Waals surface area (Å²) in [4.78, 5) is 14.2. The SMILES string of the molecule is CC(C)(C)C1=CCN(C(=O)CC2(CS)CC2)CC1. The van der Waals surface area contributed by atoms with Crippen molar-refractivity contribution in [3.63, 3.8) is 0 Å². The summed E-state index contributed by atoms with van der Waals surface area (Å²) in [6, 6.07) is 0. The molecule has 1 saturated carbocycles. The van der Waals surface area contributed by atoms with Gasteiger partial charge in [0, 0.05) is 19.5 Å². The molecule has 0 atom stereocenters. The highest BCUT2D eigenvalue weighted by Crippen LogP contribution is 2.50. The molecular formula is C15H25NOS. The number of thiol groups is 1. The fraction of sp³-hybridized carbons (Fsp3) is 0.800. The molecule has 0 bridgehead atoms. The van der Waals surface area contributed by atoms with E-state index in [1.54, 1.807) is 0 Å². The summed E-state index contributed by atoms with van der Waals surface area (Å²) in [5.74, 6) is 1.18. The molecule has 2 nitrogen and oxygen atoms in total. The van der Waals surface area contributed by atoms with Gasteiger partial charge in [0.1, 0.15) is 0 Å². The summed E-state index contributed by atoms with van der Waals surface area (Å²) in [5.41, 5.74) is 1.98. The lowest BCUT2D eigenvalue weighted by Crippen LogP contribution is -2.37. The molecule has 0 aromatic heterocycles. The zero-order chi connectivity index (χ0) is 13.4. The molecule has 18 heavy (non-hydrogen) atoms. The Hall–Kier alpha value is -0.440. The van der Waals surface area contributed by atoms with Gasteiger partial charge < -0.3 is 4.90 Å². The summed E-state index contributed by atoms with van der Waals surface area (Å²) in [6.45, 7) is 8.43. The van der Waals surface area contributed by atoms with Crippen molar-refractivity contribution in [2.75, 3.05) is 18.8 Å². The quantitative estimate of drug-likeness (QED) is 0.614. The lowest BCUT2D eigenvalue weighted by molar-refractivity contribution is -0.132. The van der Waals surface area contributed by atoms with Crippen molar-refractivity contribution in [1.29, 1.82) is 0 Å². The van der Waals surface area contributed by atoms with E-state index >= 15 is 0 Å². The fourth-order valence-corrected chi connectivity index (χ4v) is 3.01. The molecule has 1 aliphatic carbocycles. The van der Waals surface area contributed by atoms with Crippen LogP contribution in [0.1, 0.15) is 46.5 Å². The van der Waals surface area contributed by atoms with Gasteiger partial charge in [0.15, 0.2) is 0 Å². The van der Waals surface area contributed by atoms with Gasteiger partial charge in [-0.1, -0.05) is 32.4 Å². The van der Waals surface area contributed by atoms with Gasteiger partial charge in [-0.05, 0) is 35.8 Å². The second-order valence-electron chi connectivity index (χ2n) is 6.90. The van der Waals surface area contributed by atoms with Crippen LogP contribution in [-0.2, 0) is 4.79 Å². The topological polar surface area (TPSA) is 20.3 Å². The van der Waals surface area contributed by atoms with Gasteiger partial charge in [0.2, 0.25) is 5.91 Å². The first-order chi connectivity index (χ1) is 8.36. The number of hydrogen-bond acceptors (Lipinski definition) is 2. The van der Waals surface area contributed by atoms with Crippen molar-refractivity contribution in [1.82, 2.24) is 4.90 Å². The summed E-state index contributed by atoms with van der Waals surface area (Å²) in [5, 5.41) is 0. The first kappa shape index (κ1) is 14.0. The van der Waals surface area contributed by atoms with E-state index in [0.717, 1.165) is 25.3 Å². The van der Waals surface area contributed by atoms with Crippen molar-refractivity contribution in [3.8, 4) is 0 Å². The van der Waals surface area contributed by atoms with Crippen molar-refractivity contribution in [2.24, 2.45) is 10.8 Å². The molecule has 1 fully saturated rings. The normalized spacial score (nSPS) is 22.7. The molecule has 2 aliphatic rings. The molecule has 2 rings (SSSR count). The standard InChI is InChI=1S/C15H25NOS/c1-14(2,3)12-4-8-16(9-5-12)13(17)10-15(11-18)6-7-15/h4,18H,5-11H2,1-3H3. The van der Waals surface area contributed by atoms with Crippen molar-refractivity contribution in [3.05, 3.63) is 11.6 Å². The highest BCUT2D eigenvalue weighted by molar-refractivity contribution is 7.80. The third-order valence-corrected chi connectivity index (χ3v) is 5.01. The molecule has 0 unspecified atom stereocenters. The maximum atomic E-state index is 12.2. The van der Waals surface area contributed by atoms with Gasteiger partial charge in [0.25, 0.3) is 0 Å². The van der Waals surface area contributed by atoms with E-state index in [9.17, 15) is 4.79 Å². The predicted molar refractivity (Wildman–Crippen MR) is 78.9 cm³/mol. The van der Waals surface area contributed by atoms with E-state index < -0.39 is 0 Å². The zero-order valence-electron chi connectivity index (χ0n) is 11.8. The van der Waals surface area contributed by atoms with Gasteiger partial charge in [-0.15, -0.1) is 0 Å². The first-order valence-electron chi connectivity index (χ1n) is 6.94. The van der Waals surface area contributed by atoms with E-state index in [1.807, 2.05) is 4.90 Å². The highest BCUT2D eigenvalue weighted by atomic mass is 32.1. The molecule has 1 heterocycles. The smallest absolute Gasteiger partial charge is 0.223 e. The van der Waals surface area contributed by atoms with Gasteiger partial charge in [-0.3, -0.25) is 4.79 Å². The maximum Gasteiger partial charge on any atom is 0.223 e. The number of hydrogen-bond donors (Lipinski definition) is 1. The molecule has 0 aromatic carbocycles. The molecule has 0 radical (unpaired) electrons. The van der Waals surface area contributed by atoms with Crippen LogP contribution in [0.2, 0.25) is 0 Å². The molecule has 0 saturated heterocycles. The van der Waals surface area contributed by atoms with Crippen molar-refractivity contribution in [2.45, 2.75) is 46.5 Å². The van der Waals surface area contributed by atoms with E-state index in [-0.39, 0.29) is 10.8 Å². The third kappa shape index (κ3) is 3.11. The Balaban J connectivity index is 1.90. The van der Waals surface area contributed by atoms with E-state index in [0.29, 0.717) is 12.3 Å². The average Bonchev–Trinajstić information content (AvgIpc) is 3.08. The minimum atomic E-state index is 0.244. The zero-order valence-corrected chi connectivity index (χ0v) is 12.7. The Morgan fingerprint density at radius 3 is 2.50 bits per heavy atom. The fourth-order valence-electron chi connectivity index (χ4n) is 2.58. The van der Waals surface area contributed by atoms with Crippen LogP contribution in [0, 0.1) is 10.8 Å². The van der Waals surface area contributed by atoms with Gasteiger partial charge in [-0.2, -0.15) is 12.6 Å². The molecule has 0 N–H and O–H groups in total. The second kappa shape index (κ2) is 4.92. The predicted octanol–water partition coefficient (Wildman–Crippen LogP) is 3.29. The largest absolute Gasteiger partial charge is 0.339 e. The second-order valence-corrected chi connectivity index (χ2v) is 7.22. The summed E-state index contributed by atoms with van der Waals surface area (Å²) >= 11 is 4.37. The molecule has 0 spiro atoms. The van der Waals surface area contributed by atoms with Crippen molar-refractivity contribution < 1.29 is 4.79 Å². The molecule has 3 heteroatoms. The van der Waals surface area contributed by atoms with Crippen LogP contribution in [0.15, 0.2) is 11.6 Å². The summed E-state index contributed by atoms with van der Waals surface area (Å²) < 4.78 is 0. The van der Waals surface area contributed by atoms with Crippen LogP contribution in [-0.4, -0.2) is 29.6 Å². The first-order valence-corrected chi connectivity index (χ1v) is 7.58. The molecule has 1 aliphatic heterocycles. The van der Waals surface area contributed by atoms with Gasteiger partial charge in [-0.25, -0.2) is 0 Å². The summed E-state index contributed by atoms with van der Waals surface area (Å²) in [6.07, 6.45) is 6.35. The van der Waals surface area contributed by atoms with Gasteiger partial charge in [0.05, 0.1) is 0 Å². The van der Waals surface area contributed by atoms with Crippen LogP contribution in [0.3, 0.4) is 0 Å². The monoisotopic (exact) mass is 267 g/mol. The van der Waals surface area contributed by atoms with E-state index in [4.69, 9.17) is 0 Å².